The molecule has 1 spiro atoms. The van der Waals surface area contributed by atoms with Gasteiger partial charge >= 0.3 is 0 Å². The minimum Gasteiger partial charge on any atom is -0.375 e. The minimum absolute atomic E-state index is 0.293. The van der Waals surface area contributed by atoms with E-state index in [1.54, 1.807) is 0 Å². The number of nitrogens with one attached hydrogen (secondary N) is 1. The zero-order valence-corrected chi connectivity index (χ0v) is 12.5. The van der Waals surface area contributed by atoms with E-state index in [4.69, 9.17) is 4.74 Å². The van der Waals surface area contributed by atoms with E-state index in [0.29, 0.717) is 5.60 Å². The molecule has 1 unspecified atom stereocenters. The molecule has 1 atom stereocenters. The van der Waals surface area contributed by atoms with E-state index in [9.17, 15) is 0 Å². The number of rotatable bonds is 4. The minimum atomic E-state index is 0.293. The topological polar surface area (TPSA) is 24.5 Å². The van der Waals surface area contributed by atoms with Crippen molar-refractivity contribution in [2.45, 2.75) is 63.5 Å². The highest BCUT2D eigenvalue weighted by molar-refractivity contribution is 4.96. The van der Waals surface area contributed by atoms with E-state index in [1.807, 2.05) is 0 Å². The summed E-state index contributed by atoms with van der Waals surface area (Å²) in [5.41, 5.74) is 0.293. The molecule has 3 aliphatic rings. The zero-order chi connectivity index (χ0) is 13.1. The maximum Gasteiger partial charge on any atom is 0.0697 e. The third kappa shape index (κ3) is 3.32. The first-order chi connectivity index (χ1) is 9.30. The van der Waals surface area contributed by atoms with Crippen molar-refractivity contribution in [2.24, 2.45) is 5.92 Å². The van der Waals surface area contributed by atoms with Crippen LogP contribution in [0.2, 0.25) is 0 Å². The fraction of sp³-hybridized carbons (Fsp3) is 1.00. The zero-order valence-electron chi connectivity index (χ0n) is 12.5. The number of hydrogen-bond donors (Lipinski definition) is 1. The van der Waals surface area contributed by atoms with E-state index in [-0.39, 0.29) is 0 Å². The van der Waals surface area contributed by atoms with Gasteiger partial charge < -0.3 is 15.0 Å². The molecule has 19 heavy (non-hydrogen) atoms. The Balaban J connectivity index is 1.38. The van der Waals surface area contributed by atoms with Gasteiger partial charge in [-0.15, -0.1) is 0 Å². The quantitative estimate of drug-likeness (QED) is 0.846. The summed E-state index contributed by atoms with van der Waals surface area (Å²) in [6.45, 7) is 8.33. The van der Waals surface area contributed by atoms with Gasteiger partial charge in [-0.3, -0.25) is 0 Å². The lowest BCUT2D eigenvalue weighted by Gasteiger charge is -2.47. The molecule has 0 amide bonds. The molecule has 1 saturated carbocycles. The van der Waals surface area contributed by atoms with E-state index in [1.165, 1.54) is 71.1 Å². The molecule has 2 saturated heterocycles. The molecule has 0 radical (unpaired) electrons. The SMILES string of the molecule is CCN1CCC(CNC2CCOC3(CCC3)C2)CC1. The highest BCUT2D eigenvalue weighted by Gasteiger charge is 2.42. The Morgan fingerprint density at radius 1 is 1.21 bits per heavy atom. The Morgan fingerprint density at radius 3 is 2.63 bits per heavy atom. The van der Waals surface area contributed by atoms with Crippen LogP contribution in [-0.4, -0.2) is 49.3 Å². The molecule has 3 rings (SSSR count). The van der Waals surface area contributed by atoms with Crippen LogP contribution in [0.5, 0.6) is 0 Å². The molecular weight excluding hydrogens is 236 g/mol. The predicted molar refractivity (Wildman–Crippen MR) is 78.4 cm³/mol. The van der Waals surface area contributed by atoms with Gasteiger partial charge in [0.15, 0.2) is 0 Å². The van der Waals surface area contributed by atoms with Crippen molar-refractivity contribution in [3.8, 4) is 0 Å². The van der Waals surface area contributed by atoms with Crippen molar-refractivity contribution in [1.29, 1.82) is 0 Å². The van der Waals surface area contributed by atoms with Gasteiger partial charge in [-0.05, 0) is 77.0 Å². The fourth-order valence-corrected chi connectivity index (χ4v) is 3.96. The standard InChI is InChI=1S/C16H30N2O/c1-2-18-9-4-14(5-10-18)13-17-15-6-11-19-16(12-15)7-3-8-16/h14-15,17H,2-13H2,1H3. The molecule has 2 heterocycles. The van der Waals surface area contributed by atoms with Crippen molar-refractivity contribution in [2.75, 3.05) is 32.8 Å². The van der Waals surface area contributed by atoms with Crippen LogP contribution in [0.1, 0.15) is 51.9 Å². The molecule has 0 aromatic carbocycles. The molecule has 0 bridgehead atoms. The summed E-state index contributed by atoms with van der Waals surface area (Å²) in [6.07, 6.45) is 9.24. The second-order valence-electron chi connectivity index (χ2n) is 6.86. The molecular formula is C16H30N2O. The summed E-state index contributed by atoms with van der Waals surface area (Å²) in [6, 6.07) is 0.721. The van der Waals surface area contributed by atoms with Crippen LogP contribution < -0.4 is 5.32 Å². The maximum atomic E-state index is 6.01. The molecule has 0 aromatic rings. The number of likely N-dealkylation sites (tertiary alicyclic amines) is 1. The average Bonchev–Trinajstić information content (AvgIpc) is 2.44. The lowest BCUT2D eigenvalue weighted by molar-refractivity contribution is -0.135. The highest BCUT2D eigenvalue weighted by atomic mass is 16.5. The van der Waals surface area contributed by atoms with Gasteiger partial charge in [-0.25, -0.2) is 0 Å². The Morgan fingerprint density at radius 2 is 2.00 bits per heavy atom. The van der Waals surface area contributed by atoms with Gasteiger partial charge in [-0.1, -0.05) is 6.92 Å². The van der Waals surface area contributed by atoms with Crippen molar-refractivity contribution >= 4 is 0 Å². The van der Waals surface area contributed by atoms with Crippen LogP contribution in [0, 0.1) is 5.92 Å². The summed E-state index contributed by atoms with van der Waals surface area (Å²) in [5.74, 6) is 0.906. The number of nitrogens with zero attached hydrogens (tertiary/aromatic N) is 1. The normalized spacial score (nSPS) is 32.4. The number of ether oxygens (including phenoxy) is 1. The molecule has 110 valence electrons. The summed E-state index contributed by atoms with van der Waals surface area (Å²) in [7, 11) is 0. The molecule has 3 fully saturated rings. The van der Waals surface area contributed by atoms with E-state index in [0.717, 1.165) is 18.6 Å². The summed E-state index contributed by atoms with van der Waals surface area (Å²) < 4.78 is 6.01. The Kier molecular flexibility index (Phi) is 4.45. The summed E-state index contributed by atoms with van der Waals surface area (Å²) in [5, 5.41) is 3.85. The maximum absolute atomic E-state index is 6.01. The monoisotopic (exact) mass is 266 g/mol. The van der Waals surface area contributed by atoms with Crippen molar-refractivity contribution in [3.63, 3.8) is 0 Å². The molecule has 1 aliphatic carbocycles. The van der Waals surface area contributed by atoms with Gasteiger partial charge in [-0.2, -0.15) is 0 Å². The van der Waals surface area contributed by atoms with Crippen molar-refractivity contribution in [1.82, 2.24) is 10.2 Å². The van der Waals surface area contributed by atoms with Crippen LogP contribution in [0.3, 0.4) is 0 Å². The Labute approximate surface area is 118 Å². The van der Waals surface area contributed by atoms with Gasteiger partial charge in [0, 0.05) is 12.6 Å². The first-order valence-corrected chi connectivity index (χ1v) is 8.39. The molecule has 1 N–H and O–H groups in total. The van der Waals surface area contributed by atoms with Crippen molar-refractivity contribution < 1.29 is 4.74 Å². The lowest BCUT2D eigenvalue weighted by Crippen LogP contribution is -2.51. The van der Waals surface area contributed by atoms with Crippen LogP contribution in [0.25, 0.3) is 0 Å². The van der Waals surface area contributed by atoms with E-state index in [2.05, 4.69) is 17.1 Å². The van der Waals surface area contributed by atoms with Crippen molar-refractivity contribution in [3.05, 3.63) is 0 Å². The first-order valence-electron chi connectivity index (χ1n) is 8.39. The van der Waals surface area contributed by atoms with Gasteiger partial charge in [0.25, 0.3) is 0 Å². The fourth-order valence-electron chi connectivity index (χ4n) is 3.96. The third-order valence-electron chi connectivity index (χ3n) is 5.61. The molecule has 2 aliphatic heterocycles. The smallest absolute Gasteiger partial charge is 0.0697 e. The van der Waals surface area contributed by atoms with Gasteiger partial charge in [0.1, 0.15) is 0 Å². The van der Waals surface area contributed by atoms with Gasteiger partial charge in [0.2, 0.25) is 0 Å². The lowest BCUT2D eigenvalue weighted by atomic mass is 9.74. The average molecular weight is 266 g/mol. The summed E-state index contributed by atoms with van der Waals surface area (Å²) in [4.78, 5) is 2.58. The van der Waals surface area contributed by atoms with Crippen LogP contribution in [0.4, 0.5) is 0 Å². The number of piperidine rings is 1. The second-order valence-corrected chi connectivity index (χ2v) is 6.86. The Hall–Kier alpha value is -0.120. The highest BCUT2D eigenvalue weighted by Crippen LogP contribution is 2.42. The predicted octanol–water partition coefficient (Wildman–Crippen LogP) is 2.41. The molecule has 0 aromatic heterocycles. The third-order valence-corrected chi connectivity index (χ3v) is 5.61. The van der Waals surface area contributed by atoms with Crippen LogP contribution >= 0.6 is 0 Å². The van der Waals surface area contributed by atoms with E-state index < -0.39 is 0 Å². The largest absolute Gasteiger partial charge is 0.375 e. The van der Waals surface area contributed by atoms with E-state index >= 15 is 0 Å². The molecule has 3 nitrogen and oxygen atoms in total. The summed E-state index contributed by atoms with van der Waals surface area (Å²) >= 11 is 0. The van der Waals surface area contributed by atoms with Crippen LogP contribution in [-0.2, 0) is 4.74 Å². The van der Waals surface area contributed by atoms with Gasteiger partial charge in [0.05, 0.1) is 5.60 Å². The van der Waals surface area contributed by atoms with Crippen LogP contribution in [0.15, 0.2) is 0 Å². The first kappa shape index (κ1) is 13.8. The second kappa shape index (κ2) is 6.11. The Bertz CT molecular complexity index is 282. The number of hydrogen-bond acceptors (Lipinski definition) is 3. The molecule has 3 heteroatoms.